The summed E-state index contributed by atoms with van der Waals surface area (Å²) < 4.78 is 7.92. The topological polar surface area (TPSA) is 63.5 Å². The van der Waals surface area contributed by atoms with Crippen LogP contribution in [0.1, 0.15) is 44.6 Å². The van der Waals surface area contributed by atoms with Crippen LogP contribution in [-0.4, -0.2) is 48.6 Å². The maximum atomic E-state index is 5.97. The number of nitrogens with zero attached hydrogens (tertiary/aromatic N) is 3. The summed E-state index contributed by atoms with van der Waals surface area (Å²) >= 11 is 0. The number of hydrogen-bond acceptors (Lipinski definition) is 3. The first-order valence-corrected chi connectivity index (χ1v) is 9.28. The van der Waals surface area contributed by atoms with Crippen molar-refractivity contribution in [3.05, 3.63) is 18.0 Å². The van der Waals surface area contributed by atoms with E-state index in [1.807, 2.05) is 24.1 Å². The van der Waals surface area contributed by atoms with Crippen LogP contribution in [0.4, 0.5) is 0 Å². The molecule has 24 heavy (non-hydrogen) atoms. The molecule has 6 heteroatoms. The molecule has 6 nitrogen and oxygen atoms in total. The Labute approximate surface area is 146 Å². The lowest BCUT2D eigenvalue weighted by molar-refractivity contribution is 0.0169. The van der Waals surface area contributed by atoms with Gasteiger partial charge in [-0.05, 0) is 44.6 Å². The molecule has 0 radical (unpaired) electrons. The van der Waals surface area contributed by atoms with Gasteiger partial charge in [-0.3, -0.25) is 9.67 Å². The van der Waals surface area contributed by atoms with Gasteiger partial charge in [0, 0.05) is 32.9 Å². The van der Waals surface area contributed by atoms with Crippen molar-refractivity contribution in [3.63, 3.8) is 0 Å². The Morgan fingerprint density at radius 1 is 1.38 bits per heavy atom. The first-order chi connectivity index (χ1) is 11.7. The molecule has 0 spiro atoms. The molecular formula is C18H33N5O. The van der Waals surface area contributed by atoms with Gasteiger partial charge in [0.25, 0.3) is 0 Å². The average molecular weight is 335 g/mol. The molecule has 1 saturated carbocycles. The number of aromatic nitrogens is 2. The van der Waals surface area contributed by atoms with E-state index in [1.54, 1.807) is 0 Å². The largest absolute Gasteiger partial charge is 0.378 e. The van der Waals surface area contributed by atoms with Crippen LogP contribution in [0.3, 0.4) is 0 Å². The Kier molecular flexibility index (Phi) is 8.08. The summed E-state index contributed by atoms with van der Waals surface area (Å²) in [5.74, 6) is 1.59. The number of hydrogen-bond donors (Lipinski definition) is 2. The average Bonchev–Trinajstić information content (AvgIpc) is 3.24. The minimum absolute atomic E-state index is 0.384. The first kappa shape index (κ1) is 18.8. The van der Waals surface area contributed by atoms with Gasteiger partial charge in [0.2, 0.25) is 0 Å². The SMILES string of the molecule is CCOC(CCNC(=NC)NCCn1cc(C)cn1)C1CCCC1. The summed E-state index contributed by atoms with van der Waals surface area (Å²) in [6.07, 6.45) is 10.7. The molecule has 1 aliphatic rings. The van der Waals surface area contributed by atoms with Crippen LogP contribution in [0, 0.1) is 12.8 Å². The molecule has 0 aromatic carbocycles. The monoisotopic (exact) mass is 335 g/mol. The molecule has 0 aliphatic heterocycles. The Bertz CT molecular complexity index is 493. The third-order valence-corrected chi connectivity index (χ3v) is 4.65. The van der Waals surface area contributed by atoms with Crippen LogP contribution in [0.25, 0.3) is 0 Å². The minimum Gasteiger partial charge on any atom is -0.378 e. The Hall–Kier alpha value is -1.56. The highest BCUT2D eigenvalue weighted by atomic mass is 16.5. The molecule has 1 aliphatic carbocycles. The standard InChI is InChI=1S/C18H33N5O/c1-4-24-17(16-7-5-6-8-16)9-10-20-18(19-3)21-11-12-23-14-15(2)13-22-23/h13-14,16-17H,4-12H2,1-3H3,(H2,19,20,21). The number of aryl methyl sites for hydroxylation is 1. The fourth-order valence-electron chi connectivity index (χ4n) is 3.43. The minimum atomic E-state index is 0.384. The third kappa shape index (κ3) is 6.15. The highest BCUT2D eigenvalue weighted by Gasteiger charge is 2.24. The van der Waals surface area contributed by atoms with Gasteiger partial charge >= 0.3 is 0 Å². The molecule has 1 unspecified atom stereocenters. The summed E-state index contributed by atoms with van der Waals surface area (Å²) in [6, 6.07) is 0. The maximum Gasteiger partial charge on any atom is 0.191 e. The molecule has 1 aromatic rings. The van der Waals surface area contributed by atoms with Crippen LogP contribution < -0.4 is 10.6 Å². The van der Waals surface area contributed by atoms with Crippen molar-refractivity contribution >= 4 is 5.96 Å². The van der Waals surface area contributed by atoms with Crippen molar-refractivity contribution in [2.24, 2.45) is 10.9 Å². The fraction of sp³-hybridized carbons (Fsp3) is 0.778. The van der Waals surface area contributed by atoms with E-state index >= 15 is 0 Å². The Morgan fingerprint density at radius 3 is 2.75 bits per heavy atom. The zero-order chi connectivity index (χ0) is 17.2. The molecule has 0 bridgehead atoms. The number of nitrogens with one attached hydrogen (secondary N) is 2. The second-order valence-electron chi connectivity index (χ2n) is 6.53. The molecule has 2 N–H and O–H groups in total. The van der Waals surface area contributed by atoms with E-state index in [2.05, 4.69) is 34.6 Å². The van der Waals surface area contributed by atoms with E-state index in [1.165, 1.54) is 31.2 Å². The van der Waals surface area contributed by atoms with E-state index < -0.39 is 0 Å². The number of rotatable bonds is 9. The predicted octanol–water partition coefficient (Wildman–Crippen LogP) is 2.34. The predicted molar refractivity (Wildman–Crippen MR) is 98.3 cm³/mol. The summed E-state index contributed by atoms with van der Waals surface area (Å²) in [4.78, 5) is 4.29. The highest BCUT2D eigenvalue weighted by molar-refractivity contribution is 5.79. The van der Waals surface area contributed by atoms with Gasteiger partial charge < -0.3 is 15.4 Å². The van der Waals surface area contributed by atoms with E-state index in [9.17, 15) is 0 Å². The zero-order valence-corrected chi connectivity index (χ0v) is 15.4. The Balaban J connectivity index is 1.66. The quantitative estimate of drug-likeness (QED) is 0.537. The van der Waals surface area contributed by atoms with Crippen molar-refractivity contribution in [1.82, 2.24) is 20.4 Å². The molecule has 1 atom stereocenters. The van der Waals surface area contributed by atoms with Gasteiger partial charge in [-0.15, -0.1) is 0 Å². The van der Waals surface area contributed by atoms with Crippen LogP contribution in [0.15, 0.2) is 17.4 Å². The van der Waals surface area contributed by atoms with Crippen LogP contribution in [0.2, 0.25) is 0 Å². The number of aliphatic imine (C=N–C) groups is 1. The lowest BCUT2D eigenvalue weighted by Crippen LogP contribution is -2.40. The van der Waals surface area contributed by atoms with Gasteiger partial charge in [0.15, 0.2) is 5.96 Å². The maximum absolute atomic E-state index is 5.97. The first-order valence-electron chi connectivity index (χ1n) is 9.28. The van der Waals surface area contributed by atoms with E-state index in [0.29, 0.717) is 6.10 Å². The zero-order valence-electron chi connectivity index (χ0n) is 15.4. The third-order valence-electron chi connectivity index (χ3n) is 4.65. The van der Waals surface area contributed by atoms with Crippen molar-refractivity contribution < 1.29 is 4.74 Å². The molecule has 2 rings (SSSR count). The lowest BCUT2D eigenvalue weighted by atomic mass is 9.98. The fourth-order valence-corrected chi connectivity index (χ4v) is 3.43. The summed E-state index contributed by atoms with van der Waals surface area (Å²) in [7, 11) is 1.81. The van der Waals surface area contributed by atoms with Gasteiger partial charge in [-0.25, -0.2) is 0 Å². The summed E-state index contributed by atoms with van der Waals surface area (Å²) in [6.45, 7) is 7.47. The van der Waals surface area contributed by atoms with Gasteiger partial charge in [0.05, 0.1) is 18.8 Å². The van der Waals surface area contributed by atoms with Crippen molar-refractivity contribution in [2.75, 3.05) is 26.7 Å². The van der Waals surface area contributed by atoms with Gasteiger partial charge in [-0.2, -0.15) is 5.10 Å². The van der Waals surface area contributed by atoms with Crippen molar-refractivity contribution in [1.29, 1.82) is 0 Å². The normalized spacial score (nSPS) is 17.2. The van der Waals surface area contributed by atoms with Gasteiger partial charge in [-0.1, -0.05) is 12.8 Å². The van der Waals surface area contributed by atoms with E-state index in [4.69, 9.17) is 4.74 Å². The van der Waals surface area contributed by atoms with E-state index in [-0.39, 0.29) is 0 Å². The molecule has 1 aromatic heterocycles. The number of ether oxygens (including phenoxy) is 1. The van der Waals surface area contributed by atoms with Crippen molar-refractivity contribution in [3.8, 4) is 0 Å². The molecule has 0 saturated heterocycles. The molecule has 1 fully saturated rings. The second kappa shape index (κ2) is 10.3. The highest BCUT2D eigenvalue weighted by Crippen LogP contribution is 2.30. The smallest absolute Gasteiger partial charge is 0.191 e. The van der Waals surface area contributed by atoms with Crippen LogP contribution in [-0.2, 0) is 11.3 Å². The lowest BCUT2D eigenvalue weighted by Gasteiger charge is -2.24. The molecular weight excluding hydrogens is 302 g/mol. The molecule has 0 amide bonds. The van der Waals surface area contributed by atoms with E-state index in [0.717, 1.165) is 44.5 Å². The van der Waals surface area contributed by atoms with Crippen LogP contribution in [0.5, 0.6) is 0 Å². The number of guanidine groups is 1. The van der Waals surface area contributed by atoms with Crippen LogP contribution >= 0.6 is 0 Å². The Morgan fingerprint density at radius 2 is 2.12 bits per heavy atom. The molecule has 136 valence electrons. The second-order valence-corrected chi connectivity index (χ2v) is 6.53. The van der Waals surface area contributed by atoms with Crippen molar-refractivity contribution in [2.45, 2.75) is 58.6 Å². The molecule has 1 heterocycles. The summed E-state index contributed by atoms with van der Waals surface area (Å²) in [5, 5.41) is 11.0. The van der Waals surface area contributed by atoms with Gasteiger partial charge in [0.1, 0.15) is 0 Å². The summed E-state index contributed by atoms with van der Waals surface area (Å²) in [5.41, 5.74) is 1.19.